The van der Waals surface area contributed by atoms with E-state index in [1.165, 1.54) is 6.33 Å². The number of anilines is 2. The van der Waals surface area contributed by atoms with Crippen molar-refractivity contribution in [3.8, 4) is 5.82 Å². The zero-order chi connectivity index (χ0) is 14.8. The number of aliphatic carboxylic acids is 1. The molecule has 0 amide bonds. The molecule has 110 valence electrons. The minimum atomic E-state index is -0.732. The molecule has 0 radical (unpaired) electrons. The number of carboxylic acid groups (broad SMARTS) is 1. The average Bonchev–Trinajstić information content (AvgIpc) is 3.02. The van der Waals surface area contributed by atoms with E-state index in [9.17, 15) is 4.79 Å². The smallest absolute Gasteiger partial charge is 0.306 e. The van der Waals surface area contributed by atoms with Crippen LogP contribution in [0.4, 0.5) is 11.5 Å². The lowest BCUT2D eigenvalue weighted by molar-refractivity contribution is -0.142. The van der Waals surface area contributed by atoms with Gasteiger partial charge in [-0.1, -0.05) is 0 Å². The van der Waals surface area contributed by atoms with Crippen molar-refractivity contribution < 1.29 is 9.90 Å². The summed E-state index contributed by atoms with van der Waals surface area (Å²) >= 11 is 0. The minimum Gasteiger partial charge on any atom is -0.481 e. The molecule has 0 atom stereocenters. The van der Waals surface area contributed by atoms with Crippen molar-refractivity contribution in [2.45, 2.75) is 12.8 Å². The number of nitrogens with two attached hydrogens (primary N) is 1. The van der Waals surface area contributed by atoms with Gasteiger partial charge in [0, 0.05) is 25.5 Å². The molecule has 3 heterocycles. The van der Waals surface area contributed by atoms with E-state index < -0.39 is 5.97 Å². The van der Waals surface area contributed by atoms with Crippen LogP contribution in [0.5, 0.6) is 0 Å². The predicted molar refractivity (Wildman–Crippen MR) is 76.1 cm³/mol. The molecule has 2 aromatic rings. The largest absolute Gasteiger partial charge is 0.481 e. The molecule has 1 saturated heterocycles. The van der Waals surface area contributed by atoms with Crippen molar-refractivity contribution in [3.05, 3.63) is 25.0 Å². The molecule has 0 unspecified atom stereocenters. The first-order chi connectivity index (χ1) is 10.2. The van der Waals surface area contributed by atoms with E-state index >= 15 is 0 Å². The highest BCUT2D eigenvalue weighted by molar-refractivity contribution is 5.72. The van der Waals surface area contributed by atoms with Crippen LogP contribution >= 0.6 is 0 Å². The zero-order valence-corrected chi connectivity index (χ0v) is 11.4. The summed E-state index contributed by atoms with van der Waals surface area (Å²) in [4.78, 5) is 25.4. The number of carbonyl (C=O) groups is 1. The van der Waals surface area contributed by atoms with Gasteiger partial charge in [0.25, 0.3) is 0 Å². The fourth-order valence-corrected chi connectivity index (χ4v) is 2.56. The van der Waals surface area contributed by atoms with E-state index in [4.69, 9.17) is 10.8 Å². The van der Waals surface area contributed by atoms with Gasteiger partial charge in [-0.3, -0.25) is 9.36 Å². The molecule has 0 aliphatic carbocycles. The first-order valence-electron chi connectivity index (χ1n) is 6.73. The number of nitrogens with zero attached hydrogens (tertiary/aromatic N) is 5. The quantitative estimate of drug-likeness (QED) is 0.848. The molecule has 0 spiro atoms. The molecule has 8 nitrogen and oxygen atoms in total. The number of piperidine rings is 1. The lowest BCUT2D eigenvalue weighted by atomic mass is 9.97. The molecule has 3 N–H and O–H groups in total. The molecular formula is C13H16N6O2. The number of rotatable bonds is 3. The summed E-state index contributed by atoms with van der Waals surface area (Å²) in [6.07, 6.45) is 7.69. The molecular weight excluding hydrogens is 272 g/mol. The van der Waals surface area contributed by atoms with Crippen molar-refractivity contribution in [1.82, 2.24) is 19.5 Å². The third kappa shape index (κ3) is 2.51. The molecule has 3 rings (SSSR count). The highest BCUT2D eigenvalue weighted by Crippen LogP contribution is 2.28. The summed E-state index contributed by atoms with van der Waals surface area (Å²) in [5, 5.41) is 9.04. The van der Waals surface area contributed by atoms with Crippen LogP contribution in [0.15, 0.2) is 25.0 Å². The third-order valence-corrected chi connectivity index (χ3v) is 3.73. The number of aromatic nitrogens is 4. The van der Waals surface area contributed by atoms with E-state index in [0.29, 0.717) is 43.3 Å². The Hall–Kier alpha value is -2.64. The van der Waals surface area contributed by atoms with Gasteiger partial charge in [0.1, 0.15) is 18.3 Å². The van der Waals surface area contributed by atoms with Crippen LogP contribution in [0.3, 0.4) is 0 Å². The van der Waals surface area contributed by atoms with Crippen molar-refractivity contribution in [2.24, 2.45) is 5.92 Å². The SMILES string of the molecule is Nc1c(N2CCC(C(=O)O)CC2)ncnc1-n1ccnc1. The van der Waals surface area contributed by atoms with Crippen LogP contribution in [-0.2, 0) is 4.79 Å². The Kier molecular flexibility index (Phi) is 3.43. The van der Waals surface area contributed by atoms with E-state index in [1.807, 2.05) is 4.90 Å². The van der Waals surface area contributed by atoms with Gasteiger partial charge in [-0.15, -0.1) is 0 Å². The van der Waals surface area contributed by atoms with Crippen LogP contribution in [-0.4, -0.2) is 43.7 Å². The zero-order valence-electron chi connectivity index (χ0n) is 11.4. The van der Waals surface area contributed by atoms with E-state index in [0.717, 1.165) is 0 Å². The van der Waals surface area contributed by atoms with Crippen molar-refractivity contribution >= 4 is 17.5 Å². The number of imidazole rings is 1. The Morgan fingerprint density at radius 2 is 2.00 bits per heavy atom. The van der Waals surface area contributed by atoms with Crippen molar-refractivity contribution in [1.29, 1.82) is 0 Å². The second kappa shape index (κ2) is 5.39. The van der Waals surface area contributed by atoms with Crippen molar-refractivity contribution in [3.63, 3.8) is 0 Å². The summed E-state index contributed by atoms with van der Waals surface area (Å²) in [5.74, 6) is 0.220. The van der Waals surface area contributed by atoms with E-state index in [1.54, 1.807) is 23.3 Å². The predicted octanol–water partition coefficient (Wildman–Crippen LogP) is 0.545. The maximum atomic E-state index is 11.0. The number of hydrogen-bond donors (Lipinski definition) is 2. The Bertz CT molecular complexity index is 634. The second-order valence-corrected chi connectivity index (χ2v) is 5.00. The number of carboxylic acids is 1. The molecule has 8 heteroatoms. The fourth-order valence-electron chi connectivity index (χ4n) is 2.56. The molecule has 1 aliphatic rings. The van der Waals surface area contributed by atoms with Crippen LogP contribution in [0.25, 0.3) is 5.82 Å². The summed E-state index contributed by atoms with van der Waals surface area (Å²) in [6.45, 7) is 1.25. The first kappa shape index (κ1) is 13.3. The van der Waals surface area contributed by atoms with Gasteiger partial charge < -0.3 is 15.7 Å². The fraction of sp³-hybridized carbons (Fsp3) is 0.385. The molecule has 0 bridgehead atoms. The number of hydrogen-bond acceptors (Lipinski definition) is 6. The first-order valence-corrected chi connectivity index (χ1v) is 6.73. The summed E-state index contributed by atoms with van der Waals surface area (Å²) < 4.78 is 1.73. The monoisotopic (exact) mass is 288 g/mol. The molecule has 1 aliphatic heterocycles. The standard InChI is InChI=1S/C13H16N6O2/c14-10-11(18-4-1-9(2-5-18)13(20)21)16-7-17-12(10)19-6-3-15-8-19/h3,6-9H,1-2,4-5,14H2,(H,20,21). The van der Waals surface area contributed by atoms with E-state index in [-0.39, 0.29) is 5.92 Å². The van der Waals surface area contributed by atoms with Gasteiger partial charge in [-0.05, 0) is 12.8 Å². The summed E-state index contributed by atoms with van der Waals surface area (Å²) in [6, 6.07) is 0. The maximum Gasteiger partial charge on any atom is 0.306 e. The summed E-state index contributed by atoms with van der Waals surface area (Å²) in [7, 11) is 0. The van der Waals surface area contributed by atoms with Crippen LogP contribution in [0, 0.1) is 5.92 Å². The highest BCUT2D eigenvalue weighted by Gasteiger charge is 2.26. The van der Waals surface area contributed by atoms with Gasteiger partial charge in [-0.2, -0.15) is 0 Å². The van der Waals surface area contributed by atoms with Gasteiger partial charge >= 0.3 is 5.97 Å². The van der Waals surface area contributed by atoms with Gasteiger partial charge in [0.2, 0.25) is 0 Å². The van der Waals surface area contributed by atoms with Crippen LogP contribution in [0.1, 0.15) is 12.8 Å². The lowest BCUT2D eigenvalue weighted by Crippen LogP contribution is -2.37. The van der Waals surface area contributed by atoms with Crippen molar-refractivity contribution in [2.75, 3.05) is 23.7 Å². The normalized spacial score (nSPS) is 16.1. The molecule has 2 aromatic heterocycles. The highest BCUT2D eigenvalue weighted by atomic mass is 16.4. The number of nitrogen functional groups attached to an aromatic ring is 1. The Morgan fingerprint density at radius 1 is 1.29 bits per heavy atom. The van der Waals surface area contributed by atoms with Gasteiger partial charge in [0.05, 0.1) is 5.92 Å². The van der Waals surface area contributed by atoms with Gasteiger partial charge in [-0.25, -0.2) is 15.0 Å². The second-order valence-electron chi connectivity index (χ2n) is 5.00. The molecule has 0 aromatic carbocycles. The maximum absolute atomic E-state index is 11.0. The molecule has 1 fully saturated rings. The summed E-state index contributed by atoms with van der Waals surface area (Å²) in [5.41, 5.74) is 6.64. The average molecular weight is 288 g/mol. The Balaban J connectivity index is 1.84. The minimum absolute atomic E-state index is 0.280. The van der Waals surface area contributed by atoms with Gasteiger partial charge in [0.15, 0.2) is 11.6 Å². The topological polar surface area (TPSA) is 110 Å². The Labute approximate surface area is 121 Å². The molecule has 0 saturated carbocycles. The van der Waals surface area contributed by atoms with Crippen LogP contribution < -0.4 is 10.6 Å². The third-order valence-electron chi connectivity index (χ3n) is 3.73. The Morgan fingerprint density at radius 3 is 2.62 bits per heavy atom. The van der Waals surface area contributed by atoms with E-state index in [2.05, 4.69) is 15.0 Å². The van der Waals surface area contributed by atoms with Crippen LogP contribution in [0.2, 0.25) is 0 Å². The molecule has 21 heavy (non-hydrogen) atoms. The lowest BCUT2D eigenvalue weighted by Gasteiger charge is -2.31.